The van der Waals surface area contributed by atoms with Crippen LogP contribution in [-0.4, -0.2) is 50.0 Å². The number of sulfonamides is 1. The lowest BCUT2D eigenvalue weighted by Gasteiger charge is -2.31. The van der Waals surface area contributed by atoms with Gasteiger partial charge in [0.05, 0.1) is 24.5 Å². The van der Waals surface area contributed by atoms with E-state index in [1.807, 2.05) is 13.8 Å². The SMILES string of the molecule is CC(C)Oc1cncc(S(=O)(=O)NCCC2(O)CCCOC2)c1. The summed E-state index contributed by atoms with van der Waals surface area (Å²) in [5.74, 6) is 0.405. The van der Waals surface area contributed by atoms with Crippen molar-refractivity contribution >= 4 is 10.0 Å². The average molecular weight is 344 g/mol. The van der Waals surface area contributed by atoms with E-state index in [0.29, 0.717) is 25.2 Å². The number of rotatable bonds is 7. The van der Waals surface area contributed by atoms with Crippen LogP contribution in [0.3, 0.4) is 0 Å². The number of pyridine rings is 1. The van der Waals surface area contributed by atoms with Crippen molar-refractivity contribution in [2.45, 2.75) is 49.7 Å². The first-order valence-corrected chi connectivity index (χ1v) is 9.21. The molecule has 2 heterocycles. The van der Waals surface area contributed by atoms with Gasteiger partial charge in [0.2, 0.25) is 10.0 Å². The molecule has 0 aromatic carbocycles. The van der Waals surface area contributed by atoms with Gasteiger partial charge in [0.15, 0.2) is 0 Å². The summed E-state index contributed by atoms with van der Waals surface area (Å²) >= 11 is 0. The van der Waals surface area contributed by atoms with Gasteiger partial charge in [0.25, 0.3) is 0 Å². The Morgan fingerprint density at radius 3 is 2.91 bits per heavy atom. The number of ether oxygens (including phenoxy) is 2. The zero-order chi connectivity index (χ0) is 16.9. The number of nitrogens with one attached hydrogen (secondary N) is 1. The highest BCUT2D eigenvalue weighted by Gasteiger charge is 2.30. The van der Waals surface area contributed by atoms with Gasteiger partial charge in [-0.3, -0.25) is 4.98 Å². The van der Waals surface area contributed by atoms with Crippen molar-refractivity contribution in [3.8, 4) is 5.75 Å². The molecule has 1 aromatic heterocycles. The maximum atomic E-state index is 12.3. The molecule has 0 amide bonds. The van der Waals surface area contributed by atoms with Crippen molar-refractivity contribution in [3.05, 3.63) is 18.5 Å². The molecule has 1 fully saturated rings. The second kappa shape index (κ2) is 7.57. The maximum absolute atomic E-state index is 12.3. The molecule has 0 radical (unpaired) electrons. The molecule has 2 rings (SSSR count). The summed E-state index contributed by atoms with van der Waals surface area (Å²) in [6, 6.07) is 1.44. The van der Waals surface area contributed by atoms with Gasteiger partial charge in [-0.15, -0.1) is 0 Å². The van der Waals surface area contributed by atoms with Crippen LogP contribution >= 0.6 is 0 Å². The Bertz CT molecular complexity index is 612. The number of nitrogens with zero attached hydrogens (tertiary/aromatic N) is 1. The van der Waals surface area contributed by atoms with Gasteiger partial charge in [0.1, 0.15) is 10.6 Å². The fourth-order valence-electron chi connectivity index (χ4n) is 2.42. The third kappa shape index (κ3) is 5.42. The zero-order valence-electron chi connectivity index (χ0n) is 13.5. The quantitative estimate of drug-likeness (QED) is 0.768. The fourth-order valence-corrected chi connectivity index (χ4v) is 3.43. The summed E-state index contributed by atoms with van der Waals surface area (Å²) in [4.78, 5) is 3.95. The van der Waals surface area contributed by atoms with Crippen LogP contribution in [0.25, 0.3) is 0 Å². The molecule has 130 valence electrons. The molecule has 1 aliphatic heterocycles. The largest absolute Gasteiger partial charge is 0.489 e. The van der Waals surface area contributed by atoms with Crippen LogP contribution in [0.5, 0.6) is 5.75 Å². The first kappa shape index (κ1) is 18.1. The molecule has 1 unspecified atom stereocenters. The van der Waals surface area contributed by atoms with E-state index in [1.165, 1.54) is 18.5 Å². The first-order valence-electron chi connectivity index (χ1n) is 7.72. The number of hydrogen-bond donors (Lipinski definition) is 2. The molecule has 2 N–H and O–H groups in total. The van der Waals surface area contributed by atoms with Crippen molar-refractivity contribution in [1.82, 2.24) is 9.71 Å². The van der Waals surface area contributed by atoms with Gasteiger partial charge < -0.3 is 14.6 Å². The van der Waals surface area contributed by atoms with Crippen molar-refractivity contribution in [2.24, 2.45) is 0 Å². The van der Waals surface area contributed by atoms with Gasteiger partial charge >= 0.3 is 0 Å². The van der Waals surface area contributed by atoms with Crippen LogP contribution in [-0.2, 0) is 14.8 Å². The van der Waals surface area contributed by atoms with E-state index in [2.05, 4.69) is 9.71 Å². The molecule has 0 saturated carbocycles. The summed E-state index contributed by atoms with van der Waals surface area (Å²) in [7, 11) is -3.69. The number of aliphatic hydroxyl groups is 1. The molecule has 0 spiro atoms. The lowest BCUT2D eigenvalue weighted by Crippen LogP contribution is -2.41. The van der Waals surface area contributed by atoms with Crippen LogP contribution in [0.2, 0.25) is 0 Å². The Kier molecular flexibility index (Phi) is 5.96. The monoisotopic (exact) mass is 344 g/mol. The third-order valence-electron chi connectivity index (χ3n) is 3.55. The third-order valence-corrected chi connectivity index (χ3v) is 4.98. The first-order chi connectivity index (χ1) is 10.8. The van der Waals surface area contributed by atoms with E-state index < -0.39 is 15.6 Å². The second-order valence-electron chi connectivity index (χ2n) is 6.05. The van der Waals surface area contributed by atoms with E-state index in [9.17, 15) is 13.5 Å². The summed E-state index contributed by atoms with van der Waals surface area (Å²) in [6.07, 6.45) is 4.38. The summed E-state index contributed by atoms with van der Waals surface area (Å²) < 4.78 is 37.8. The molecule has 1 saturated heterocycles. The summed E-state index contributed by atoms with van der Waals surface area (Å²) in [6.45, 7) is 4.73. The molecule has 1 atom stereocenters. The van der Waals surface area contributed by atoms with Crippen LogP contribution in [0.15, 0.2) is 23.4 Å². The molecule has 1 aromatic rings. The zero-order valence-corrected chi connectivity index (χ0v) is 14.3. The Morgan fingerprint density at radius 1 is 1.48 bits per heavy atom. The van der Waals surface area contributed by atoms with Crippen LogP contribution in [0.1, 0.15) is 33.1 Å². The Labute approximate surface area is 137 Å². The molecular formula is C15H24N2O5S. The highest BCUT2D eigenvalue weighted by Crippen LogP contribution is 2.22. The smallest absolute Gasteiger partial charge is 0.242 e. The van der Waals surface area contributed by atoms with Gasteiger partial charge in [-0.25, -0.2) is 13.1 Å². The number of aromatic nitrogens is 1. The van der Waals surface area contributed by atoms with Crippen molar-refractivity contribution < 1.29 is 23.0 Å². The van der Waals surface area contributed by atoms with Crippen LogP contribution < -0.4 is 9.46 Å². The van der Waals surface area contributed by atoms with E-state index in [-0.39, 0.29) is 24.2 Å². The van der Waals surface area contributed by atoms with Gasteiger partial charge in [-0.1, -0.05) is 0 Å². The lowest BCUT2D eigenvalue weighted by atomic mass is 9.93. The predicted octanol–water partition coefficient (Wildman–Crippen LogP) is 1.08. The van der Waals surface area contributed by atoms with Crippen molar-refractivity contribution in [2.75, 3.05) is 19.8 Å². The maximum Gasteiger partial charge on any atom is 0.242 e. The molecule has 1 aliphatic rings. The van der Waals surface area contributed by atoms with Crippen molar-refractivity contribution in [1.29, 1.82) is 0 Å². The molecule has 0 bridgehead atoms. The highest BCUT2D eigenvalue weighted by atomic mass is 32.2. The van der Waals surface area contributed by atoms with E-state index in [4.69, 9.17) is 9.47 Å². The number of hydrogen-bond acceptors (Lipinski definition) is 6. The molecule has 0 aliphatic carbocycles. The molecule has 23 heavy (non-hydrogen) atoms. The summed E-state index contributed by atoms with van der Waals surface area (Å²) in [5.41, 5.74) is -0.957. The van der Waals surface area contributed by atoms with Crippen molar-refractivity contribution in [3.63, 3.8) is 0 Å². The highest BCUT2D eigenvalue weighted by molar-refractivity contribution is 7.89. The second-order valence-corrected chi connectivity index (χ2v) is 7.82. The topological polar surface area (TPSA) is 97.8 Å². The Balaban J connectivity index is 1.96. The van der Waals surface area contributed by atoms with E-state index >= 15 is 0 Å². The van der Waals surface area contributed by atoms with Gasteiger partial charge in [-0.05, 0) is 33.1 Å². The predicted molar refractivity (Wildman–Crippen MR) is 84.8 cm³/mol. The Hall–Kier alpha value is -1.22. The molecule has 8 heteroatoms. The molecule has 7 nitrogen and oxygen atoms in total. The van der Waals surface area contributed by atoms with Gasteiger partial charge in [-0.2, -0.15) is 0 Å². The normalized spacial score (nSPS) is 22.3. The van der Waals surface area contributed by atoms with E-state index in [1.54, 1.807) is 0 Å². The minimum absolute atomic E-state index is 0.0440. The Morgan fingerprint density at radius 2 is 2.26 bits per heavy atom. The van der Waals surface area contributed by atoms with Gasteiger partial charge in [0, 0.05) is 25.4 Å². The lowest BCUT2D eigenvalue weighted by molar-refractivity contribution is -0.0884. The fraction of sp³-hybridized carbons (Fsp3) is 0.667. The minimum atomic E-state index is -3.69. The van der Waals surface area contributed by atoms with E-state index in [0.717, 1.165) is 6.42 Å². The minimum Gasteiger partial charge on any atom is -0.489 e. The average Bonchev–Trinajstić information content (AvgIpc) is 2.47. The summed E-state index contributed by atoms with van der Waals surface area (Å²) in [5, 5.41) is 10.3. The standard InChI is InChI=1S/C15H24N2O5S/c1-12(2)22-13-8-14(10-16-9-13)23(19,20)17-6-5-15(18)4-3-7-21-11-15/h8-10,12,17-18H,3-7,11H2,1-2H3. The van der Waals surface area contributed by atoms with Crippen LogP contribution in [0, 0.1) is 0 Å². The molecular weight excluding hydrogens is 320 g/mol. The van der Waals surface area contributed by atoms with Crippen LogP contribution in [0.4, 0.5) is 0 Å².